The van der Waals surface area contributed by atoms with Crippen LogP contribution < -0.4 is 0 Å². The second-order valence-electron chi connectivity index (χ2n) is 37.0. The Kier molecular flexibility index (Phi) is 27.0. The van der Waals surface area contributed by atoms with E-state index in [-0.39, 0.29) is 0 Å². The van der Waals surface area contributed by atoms with Crippen LogP contribution in [0.2, 0.25) is 0 Å². The van der Waals surface area contributed by atoms with Gasteiger partial charge in [-0.15, -0.1) is 56.7 Å². The zero-order chi connectivity index (χ0) is 99.8. The number of thiophene rings is 5. The Bertz CT molecular complexity index is 9530. The van der Waals surface area contributed by atoms with Crippen molar-refractivity contribution in [3.63, 3.8) is 0 Å². The number of fused-ring (bicyclic) bond motifs is 30. The number of hydrogen-bond acceptors (Lipinski definition) is 16. The monoisotopic (exact) mass is 1980 g/mol. The van der Waals surface area contributed by atoms with E-state index in [2.05, 4.69) is 398 Å². The van der Waals surface area contributed by atoms with E-state index in [1.54, 1.807) is 45.3 Å². The van der Waals surface area contributed by atoms with Crippen LogP contribution in [0.15, 0.2) is 372 Å². The zero-order valence-electron chi connectivity index (χ0n) is 83.3. The molecule has 710 valence electrons. The van der Waals surface area contributed by atoms with Crippen LogP contribution in [0.25, 0.3) is 211 Å². The van der Waals surface area contributed by atoms with Crippen LogP contribution in [-0.2, 0) is 14.1 Å². The molecular weight excluding hydrogens is 1870 g/mol. The summed E-state index contributed by atoms with van der Waals surface area (Å²) in [6.45, 7) is 27.0. The van der Waals surface area contributed by atoms with E-state index in [0.717, 1.165) is 97.0 Å². The topological polar surface area (TPSA) is 152 Å². The molecule has 0 saturated carbocycles. The number of benzene rings is 13. The lowest BCUT2D eigenvalue weighted by atomic mass is 10.1. The average molecular weight is 1980 g/mol. The minimum atomic E-state index is 0.670. The molecule has 0 amide bonds. The number of furan rings is 3. The van der Waals surface area contributed by atoms with Crippen molar-refractivity contribution in [1.29, 1.82) is 0 Å². The van der Waals surface area contributed by atoms with Crippen molar-refractivity contribution in [3.8, 4) is 0 Å². The van der Waals surface area contributed by atoms with Gasteiger partial charge < -0.3 is 22.4 Å². The number of aryl methyl sites for hydroxylation is 15. The molecule has 0 bridgehead atoms. The number of nitrogens with zero attached hydrogens (tertiary/aromatic N) is 10. The summed E-state index contributed by atoms with van der Waals surface area (Å²) in [7, 11) is 4.25. The average Bonchev–Trinajstić information content (AvgIpc) is 1.60. The molecule has 0 atom stereocenters. The summed E-state index contributed by atoms with van der Waals surface area (Å²) in [5, 5.41) is 25.2. The van der Waals surface area contributed by atoms with Crippen LogP contribution in [0.5, 0.6) is 0 Å². The molecule has 145 heavy (non-hydrogen) atoms. The highest BCUT2D eigenvalue weighted by molar-refractivity contribution is 7.27. The van der Waals surface area contributed by atoms with Crippen molar-refractivity contribution in [2.75, 3.05) is 0 Å². The first-order chi connectivity index (χ1) is 70.5. The van der Waals surface area contributed by atoms with Gasteiger partial charge in [0.2, 0.25) is 17.1 Å². The largest absolute Gasteiger partial charge is 0.438 e. The molecule has 13 aromatic carbocycles. The van der Waals surface area contributed by atoms with Gasteiger partial charge in [0, 0.05) is 209 Å². The van der Waals surface area contributed by atoms with E-state index in [4.69, 9.17) is 13.3 Å². The smallest absolute Gasteiger partial charge is 0.230 e. The Hall–Kier alpha value is -16.1. The maximum atomic E-state index is 5.70. The Labute approximate surface area is 858 Å². The highest BCUT2D eigenvalue weighted by Crippen LogP contribution is 2.42. The molecule has 0 N–H and O–H groups in total. The highest BCUT2D eigenvalue weighted by Gasteiger charge is 2.17. The molecule has 0 aliphatic carbocycles. The lowest BCUT2D eigenvalue weighted by molar-refractivity contribution is 0.650. The van der Waals surface area contributed by atoms with Crippen molar-refractivity contribution in [3.05, 3.63) is 431 Å². The van der Waals surface area contributed by atoms with Crippen LogP contribution in [0, 0.1) is 90.0 Å². The van der Waals surface area contributed by atoms with Gasteiger partial charge in [-0.3, -0.25) is 0 Å². The second-order valence-corrected chi connectivity index (χ2v) is 42.2. The quantitative estimate of drug-likeness (QED) is 0.143. The van der Waals surface area contributed by atoms with Gasteiger partial charge in [-0.05, 0) is 292 Å². The zero-order valence-corrected chi connectivity index (χ0v) is 87.4. The van der Waals surface area contributed by atoms with Crippen LogP contribution in [0.4, 0.5) is 0 Å². The van der Waals surface area contributed by atoms with Crippen LogP contribution in [0.1, 0.15) is 72.8 Å². The molecule has 0 aliphatic rings. The molecule has 17 aromatic heterocycles. The fourth-order valence-electron chi connectivity index (χ4n) is 19.0. The molecule has 30 aromatic rings. The van der Waals surface area contributed by atoms with E-state index >= 15 is 0 Å². The van der Waals surface area contributed by atoms with E-state index in [0.29, 0.717) is 5.71 Å². The normalized spacial score (nSPS) is 11.3. The van der Waals surface area contributed by atoms with E-state index in [9.17, 15) is 0 Å². The standard InChI is InChI=1S/2C14H13N.2C13H11NO.C13H10S.C12H10N2O.4C12H9NS/c1-10-7-8-14-12(9-10)11-5-3-4-6-13(11)15(14)2;1-10-7-8-12-11-5-3-4-6-13(11)15(2)14(12)9-10;2*1-8-3-5-10-11-6-4-9(2)14-13(11)15-12(10)7-8;1-9-5-4-8-12-13(9)10-6-2-3-7-11(10)14-12;1-7-3-4-9-10-6-13-8(2)14-12(10)15-11(9)5-7;1-8-4-2-6-10-11(8)9-5-3-7-13-12(9)14-10;1-8-4-2-5-9-10-6-3-7-13-12(10)14-11(8)9;1-8-4-5-9-10-3-2-6-13-12(10)14-11(9)7-8;1-8-4-5-11-10(7-8)9-3-2-6-13-12(9)14-11/h2*3-9H,1-2H3;2*3-7H,1-2H3;2-8H,1H3;3-6H,1-2H3;4*2-7H,1H3. The molecule has 0 radical (unpaired) electrons. The lowest BCUT2D eigenvalue weighted by Gasteiger charge is -1.97. The van der Waals surface area contributed by atoms with Crippen LogP contribution >= 0.6 is 56.7 Å². The first-order valence-electron chi connectivity index (χ1n) is 48.4. The third-order valence-corrected chi connectivity index (χ3v) is 31.9. The van der Waals surface area contributed by atoms with Crippen molar-refractivity contribution in [2.24, 2.45) is 14.1 Å². The predicted octanol–water partition coefficient (Wildman–Crippen LogP) is 36.9. The van der Waals surface area contributed by atoms with Gasteiger partial charge in [0.15, 0.2) is 0 Å². The molecule has 0 saturated heterocycles. The Balaban J connectivity index is 0.0000000948. The third kappa shape index (κ3) is 19.7. The highest BCUT2D eigenvalue weighted by atomic mass is 32.1. The number of rotatable bonds is 0. The summed E-state index contributed by atoms with van der Waals surface area (Å²) >= 11 is 8.94. The maximum absolute atomic E-state index is 5.70. The molecule has 18 heteroatoms. The summed E-state index contributed by atoms with van der Waals surface area (Å²) in [4.78, 5) is 39.2. The minimum absolute atomic E-state index is 0.670. The van der Waals surface area contributed by atoms with Gasteiger partial charge in [0.25, 0.3) is 0 Å². The molecule has 0 aliphatic heterocycles. The Morgan fingerprint density at radius 1 is 0.214 bits per heavy atom. The van der Waals surface area contributed by atoms with Crippen molar-refractivity contribution in [1.82, 2.24) is 49.0 Å². The molecular formula is C127H104N10O3S5. The van der Waals surface area contributed by atoms with Gasteiger partial charge in [-0.25, -0.2) is 34.9 Å². The fraction of sp³-hybridized carbons (Fsp3) is 0.118. The lowest BCUT2D eigenvalue weighted by Crippen LogP contribution is -1.86. The number of para-hydroxylation sites is 2. The second kappa shape index (κ2) is 41.1. The van der Waals surface area contributed by atoms with Gasteiger partial charge in [0.05, 0.1) is 5.39 Å². The first kappa shape index (κ1) is 95.1. The molecule has 0 unspecified atom stereocenters. The van der Waals surface area contributed by atoms with Crippen LogP contribution in [0.3, 0.4) is 0 Å². The number of pyridine rings is 6. The van der Waals surface area contributed by atoms with Crippen molar-refractivity contribution >= 4 is 268 Å². The molecule has 30 rings (SSSR count). The third-order valence-electron chi connectivity index (χ3n) is 26.3. The molecule has 17 heterocycles. The fourth-order valence-corrected chi connectivity index (χ4v) is 24.6. The van der Waals surface area contributed by atoms with Gasteiger partial charge in [-0.2, -0.15) is 4.98 Å². The predicted molar refractivity (Wildman–Crippen MR) is 623 cm³/mol. The number of aromatic nitrogens is 10. The molecule has 13 nitrogen and oxygen atoms in total. The Morgan fingerprint density at radius 3 is 1.17 bits per heavy atom. The van der Waals surface area contributed by atoms with Crippen molar-refractivity contribution in [2.45, 2.75) is 90.0 Å². The summed E-state index contributed by atoms with van der Waals surface area (Å²) in [6.07, 6.45) is 9.23. The maximum Gasteiger partial charge on any atom is 0.230 e. The van der Waals surface area contributed by atoms with Crippen LogP contribution in [-0.4, -0.2) is 49.0 Å². The summed E-state index contributed by atoms with van der Waals surface area (Å²) < 4.78 is 29.7. The first-order valence-corrected chi connectivity index (χ1v) is 52.4. The molecule has 0 fully saturated rings. The summed E-state index contributed by atoms with van der Waals surface area (Å²) in [5.41, 5.74) is 24.9. The van der Waals surface area contributed by atoms with Crippen molar-refractivity contribution < 1.29 is 13.3 Å². The van der Waals surface area contributed by atoms with Gasteiger partial charge >= 0.3 is 0 Å². The number of hydrogen-bond donors (Lipinski definition) is 0. The van der Waals surface area contributed by atoms with E-state index < -0.39 is 0 Å². The SMILES string of the molecule is Cc1ccc2c(c1)c1ccccc1n2C.Cc1ccc2c(c1)oc1nc(C)ccc12.Cc1ccc2c(c1)oc1nc(C)ccc12.Cc1ccc2c(c1)oc1nc(C)ncc12.Cc1ccc2c(c1)sc1ncccc12.Cc1ccc2c3ccccc3n(C)c2c1.Cc1ccc2sc3ncccc3c2c1.Cc1cccc2c1sc1ncccc12.Cc1cccc2sc3ccccc3c12.Cc1cccc2sc3ncccc3c12. The summed E-state index contributed by atoms with van der Waals surface area (Å²) in [6, 6.07) is 115. The van der Waals surface area contributed by atoms with E-state index in [1.165, 1.54) is 181 Å². The summed E-state index contributed by atoms with van der Waals surface area (Å²) in [5.74, 6) is 0.735. The van der Waals surface area contributed by atoms with Gasteiger partial charge in [0.1, 0.15) is 41.9 Å². The minimum Gasteiger partial charge on any atom is -0.438 e. The molecule has 0 spiro atoms. The van der Waals surface area contributed by atoms with Gasteiger partial charge in [-0.1, -0.05) is 181 Å². The Morgan fingerprint density at radius 2 is 0.579 bits per heavy atom. The van der Waals surface area contributed by atoms with E-state index in [1.807, 2.05) is 125 Å².